The Morgan fingerprint density at radius 2 is 1.77 bits per heavy atom. The average molecular weight is 358 g/mol. The van der Waals surface area contributed by atoms with Crippen LogP contribution >= 0.6 is 0 Å². The van der Waals surface area contributed by atoms with Crippen molar-refractivity contribution in [2.24, 2.45) is 0 Å². The van der Waals surface area contributed by atoms with Gasteiger partial charge in [-0.05, 0) is 38.0 Å². The minimum Gasteiger partial charge on any atom is -0.507 e. The predicted octanol–water partition coefficient (Wildman–Crippen LogP) is 4.38. The molecule has 0 amide bonds. The molecule has 0 spiro atoms. The maximum absolute atomic E-state index is 11.7. The largest absolute Gasteiger partial charge is 0.507 e. The fourth-order valence-corrected chi connectivity index (χ4v) is 2.51. The van der Waals surface area contributed by atoms with Gasteiger partial charge in [0.2, 0.25) is 0 Å². The van der Waals surface area contributed by atoms with Crippen molar-refractivity contribution in [1.29, 1.82) is 0 Å². The Labute approximate surface area is 152 Å². The maximum Gasteiger partial charge on any atom is 0.340 e. The van der Waals surface area contributed by atoms with Gasteiger partial charge >= 0.3 is 5.97 Å². The summed E-state index contributed by atoms with van der Waals surface area (Å²) in [7, 11) is 2.99. The number of methoxy groups -OCH3 is 2. The van der Waals surface area contributed by atoms with Gasteiger partial charge in [0.15, 0.2) is 5.75 Å². The van der Waals surface area contributed by atoms with Crippen molar-refractivity contribution >= 4 is 18.1 Å². The molecule has 0 saturated heterocycles. The number of carboxylic acid groups (broad SMARTS) is 1. The highest BCUT2D eigenvalue weighted by Crippen LogP contribution is 2.36. The van der Waals surface area contributed by atoms with Crippen LogP contribution in [0.4, 0.5) is 0 Å². The molecular weight excluding hydrogens is 336 g/mol. The van der Waals surface area contributed by atoms with E-state index in [1.54, 1.807) is 18.2 Å². The second-order valence-electron chi connectivity index (χ2n) is 5.89. The van der Waals surface area contributed by atoms with E-state index in [-0.39, 0.29) is 11.3 Å². The molecule has 2 aromatic rings. The Balaban J connectivity index is 2.57. The van der Waals surface area contributed by atoms with Gasteiger partial charge in [-0.25, -0.2) is 4.79 Å². The first-order chi connectivity index (χ1) is 12.4. The summed E-state index contributed by atoms with van der Waals surface area (Å²) in [5.41, 5.74) is 2.28. The highest BCUT2D eigenvalue weighted by atomic mass is 16.5. The van der Waals surface area contributed by atoms with E-state index in [2.05, 4.69) is 0 Å². The third kappa shape index (κ3) is 4.08. The molecule has 0 saturated carbocycles. The lowest BCUT2D eigenvalue weighted by Gasteiger charge is -2.14. The number of ether oxygens (including phenoxy) is 2. The van der Waals surface area contributed by atoms with Crippen molar-refractivity contribution in [2.45, 2.75) is 20.3 Å². The fraction of sp³-hybridized carbons (Fsp3) is 0.250. The smallest absolute Gasteiger partial charge is 0.340 e. The number of aromatic carboxylic acids is 1. The molecule has 0 radical (unpaired) electrons. The minimum atomic E-state index is -1.22. The summed E-state index contributed by atoms with van der Waals surface area (Å²) < 4.78 is 15.6. The molecule has 0 aliphatic heterocycles. The SMILES string of the molecule is COc1cocc1/C=C/c1cc(OC)c(CC=C(C)C)c(O)c1C(=O)O. The first kappa shape index (κ1) is 19.2. The molecule has 1 aromatic carbocycles. The van der Waals surface area contributed by atoms with Crippen molar-refractivity contribution in [3.63, 3.8) is 0 Å². The molecule has 0 fully saturated rings. The Bertz CT molecular complexity index is 853. The number of rotatable bonds is 7. The third-order valence-electron chi connectivity index (χ3n) is 3.86. The van der Waals surface area contributed by atoms with Crippen LogP contribution in [0.25, 0.3) is 12.2 Å². The van der Waals surface area contributed by atoms with E-state index < -0.39 is 5.97 Å². The zero-order chi connectivity index (χ0) is 19.3. The monoisotopic (exact) mass is 358 g/mol. The summed E-state index contributed by atoms with van der Waals surface area (Å²) in [5.74, 6) is -0.575. The van der Waals surface area contributed by atoms with Gasteiger partial charge in [-0.2, -0.15) is 0 Å². The number of aromatic hydroxyl groups is 1. The number of allylic oxidation sites excluding steroid dienone is 2. The van der Waals surface area contributed by atoms with Crippen LogP contribution in [0.1, 0.15) is 40.9 Å². The van der Waals surface area contributed by atoms with Crippen molar-refractivity contribution in [2.75, 3.05) is 14.2 Å². The number of phenols is 1. The average Bonchev–Trinajstić information content (AvgIpc) is 3.05. The van der Waals surface area contributed by atoms with Gasteiger partial charge in [-0.3, -0.25) is 0 Å². The van der Waals surface area contributed by atoms with Crippen molar-refractivity contribution in [1.82, 2.24) is 0 Å². The van der Waals surface area contributed by atoms with Gasteiger partial charge in [-0.15, -0.1) is 0 Å². The summed E-state index contributed by atoms with van der Waals surface area (Å²) in [5, 5.41) is 20.1. The molecule has 26 heavy (non-hydrogen) atoms. The summed E-state index contributed by atoms with van der Waals surface area (Å²) in [6.45, 7) is 3.86. The lowest BCUT2D eigenvalue weighted by atomic mass is 9.97. The van der Waals surface area contributed by atoms with E-state index in [1.807, 2.05) is 19.9 Å². The normalized spacial score (nSPS) is 10.8. The number of carbonyl (C=O) groups is 1. The number of carboxylic acids is 1. The van der Waals surface area contributed by atoms with E-state index in [4.69, 9.17) is 13.9 Å². The topological polar surface area (TPSA) is 89.1 Å². The van der Waals surface area contributed by atoms with Gasteiger partial charge in [0, 0.05) is 5.56 Å². The zero-order valence-electron chi connectivity index (χ0n) is 15.2. The van der Waals surface area contributed by atoms with Gasteiger partial charge in [-0.1, -0.05) is 17.7 Å². The lowest BCUT2D eigenvalue weighted by Crippen LogP contribution is -2.04. The molecule has 0 atom stereocenters. The van der Waals surface area contributed by atoms with Crippen molar-refractivity contribution in [3.8, 4) is 17.2 Å². The van der Waals surface area contributed by atoms with Gasteiger partial charge < -0.3 is 24.1 Å². The summed E-state index contributed by atoms with van der Waals surface area (Å²) in [6.07, 6.45) is 8.42. The highest BCUT2D eigenvalue weighted by Gasteiger charge is 2.21. The molecule has 1 heterocycles. The molecule has 1 aromatic heterocycles. The molecule has 2 rings (SSSR count). The number of furan rings is 1. The lowest BCUT2D eigenvalue weighted by molar-refractivity contribution is 0.0693. The molecule has 0 unspecified atom stereocenters. The minimum absolute atomic E-state index is 0.179. The van der Waals surface area contributed by atoms with Crippen LogP contribution in [-0.4, -0.2) is 30.4 Å². The number of hydrogen-bond donors (Lipinski definition) is 2. The van der Waals surface area contributed by atoms with Crippen LogP contribution in [0, 0.1) is 0 Å². The fourth-order valence-electron chi connectivity index (χ4n) is 2.51. The van der Waals surface area contributed by atoms with Gasteiger partial charge in [0.25, 0.3) is 0 Å². The first-order valence-electron chi connectivity index (χ1n) is 7.96. The second kappa shape index (κ2) is 8.29. The van der Waals surface area contributed by atoms with E-state index in [0.29, 0.717) is 34.6 Å². The molecule has 6 heteroatoms. The highest BCUT2D eigenvalue weighted by molar-refractivity contribution is 5.97. The summed E-state index contributed by atoms with van der Waals surface area (Å²) in [4.78, 5) is 11.7. The number of benzene rings is 1. The van der Waals surface area contributed by atoms with Crippen LogP contribution in [0.3, 0.4) is 0 Å². The van der Waals surface area contributed by atoms with Crippen LogP contribution in [-0.2, 0) is 6.42 Å². The van der Waals surface area contributed by atoms with Crippen molar-refractivity contribution < 1.29 is 28.9 Å². The van der Waals surface area contributed by atoms with Crippen LogP contribution in [0.2, 0.25) is 0 Å². The van der Waals surface area contributed by atoms with Crippen LogP contribution in [0.15, 0.2) is 34.7 Å². The van der Waals surface area contributed by atoms with Gasteiger partial charge in [0.1, 0.15) is 29.6 Å². The molecule has 138 valence electrons. The zero-order valence-corrected chi connectivity index (χ0v) is 15.2. The van der Waals surface area contributed by atoms with E-state index in [1.165, 1.54) is 26.7 Å². The van der Waals surface area contributed by atoms with Crippen LogP contribution in [0.5, 0.6) is 17.2 Å². The Morgan fingerprint density at radius 1 is 1.12 bits per heavy atom. The maximum atomic E-state index is 11.7. The summed E-state index contributed by atoms with van der Waals surface area (Å²) >= 11 is 0. The molecule has 0 bridgehead atoms. The first-order valence-corrected chi connectivity index (χ1v) is 7.96. The quantitative estimate of drug-likeness (QED) is 0.714. The molecular formula is C20H22O6. The second-order valence-corrected chi connectivity index (χ2v) is 5.89. The molecule has 0 aliphatic carbocycles. The van der Waals surface area contributed by atoms with E-state index in [0.717, 1.165) is 5.57 Å². The van der Waals surface area contributed by atoms with Crippen LogP contribution < -0.4 is 9.47 Å². The number of hydrogen-bond acceptors (Lipinski definition) is 5. The molecule has 0 aliphatic rings. The molecule has 2 N–H and O–H groups in total. The van der Waals surface area contributed by atoms with E-state index >= 15 is 0 Å². The standard InChI is InChI=1S/C20H22O6/c1-12(2)5-8-15-16(24-3)9-13(18(19(15)21)20(22)23)6-7-14-10-26-11-17(14)25-4/h5-7,9-11,21H,8H2,1-4H3,(H,22,23)/b7-6+. The Hall–Kier alpha value is -3.15. The Kier molecular flexibility index (Phi) is 6.11. The Morgan fingerprint density at radius 3 is 2.35 bits per heavy atom. The van der Waals surface area contributed by atoms with E-state index in [9.17, 15) is 15.0 Å². The van der Waals surface area contributed by atoms with Gasteiger partial charge in [0.05, 0.1) is 19.8 Å². The summed E-state index contributed by atoms with van der Waals surface area (Å²) in [6, 6.07) is 1.60. The third-order valence-corrected chi connectivity index (χ3v) is 3.86. The van der Waals surface area contributed by atoms with Crippen molar-refractivity contribution in [3.05, 3.63) is 52.5 Å². The predicted molar refractivity (Wildman–Crippen MR) is 98.9 cm³/mol. The molecule has 6 nitrogen and oxygen atoms in total.